The highest BCUT2D eigenvalue weighted by Gasteiger charge is 2.30. The summed E-state index contributed by atoms with van der Waals surface area (Å²) in [4.78, 5) is 47.7. The lowest BCUT2D eigenvalue weighted by molar-refractivity contribution is -0.137. The van der Waals surface area contributed by atoms with Gasteiger partial charge in [-0.25, -0.2) is 0 Å². The van der Waals surface area contributed by atoms with Crippen molar-refractivity contribution in [3.63, 3.8) is 0 Å². The number of carbonyl (C=O) groups excluding carboxylic acids is 4. The van der Waals surface area contributed by atoms with E-state index >= 15 is 0 Å². The van der Waals surface area contributed by atoms with Gasteiger partial charge in [0, 0.05) is 42.8 Å². The molecule has 3 rings (SSSR count). The van der Waals surface area contributed by atoms with Gasteiger partial charge in [-0.2, -0.15) is 0 Å². The first kappa shape index (κ1) is 27.5. The van der Waals surface area contributed by atoms with Crippen LogP contribution in [0.5, 0.6) is 0 Å². The average Bonchev–Trinajstić information content (AvgIpc) is 2.87. The van der Waals surface area contributed by atoms with E-state index in [0.717, 1.165) is 62.5 Å². The molecule has 194 valence electrons. The van der Waals surface area contributed by atoms with Crippen LogP contribution in [0.1, 0.15) is 66.4 Å². The maximum absolute atomic E-state index is 12.2. The molecule has 36 heavy (non-hydrogen) atoms. The Balaban J connectivity index is 1.43. The van der Waals surface area contributed by atoms with Gasteiger partial charge >= 0.3 is 0 Å². The van der Waals surface area contributed by atoms with Crippen LogP contribution in [0, 0.1) is 11.8 Å². The first-order valence-corrected chi connectivity index (χ1v) is 12.6. The average molecular weight is 497 g/mol. The molecule has 1 saturated heterocycles. The summed E-state index contributed by atoms with van der Waals surface area (Å²) in [5.41, 5.74) is 2.02. The standard InChI is InChI=1S/C27H36N4O5/c1-31(25-12-13-26(34)30-27(25)35)17-24-20(5-2-6-21(24)18-32)7-3-15-36-16-4-14-28-22-8-10-23(11-9-22)29-19-33/h2,5-6,18-19,22-23,25,28H,4,8-17H2,1H3,(H,29,33)(H,30,34,35). The molecule has 3 N–H and O–H groups in total. The molecular formula is C27H36N4O5. The summed E-state index contributed by atoms with van der Waals surface area (Å²) in [6.45, 7) is 2.13. The number of likely N-dealkylation sites (N-methyl/N-ethyl adjacent to an activating group) is 1. The van der Waals surface area contributed by atoms with Crippen molar-refractivity contribution in [1.29, 1.82) is 0 Å². The van der Waals surface area contributed by atoms with Gasteiger partial charge in [0.25, 0.3) is 0 Å². The Morgan fingerprint density at radius 1 is 1.14 bits per heavy atom. The predicted octanol–water partition coefficient (Wildman–Crippen LogP) is 1.14. The van der Waals surface area contributed by atoms with E-state index in [0.29, 0.717) is 43.6 Å². The number of ether oxygens (including phenoxy) is 1. The summed E-state index contributed by atoms with van der Waals surface area (Å²) in [6, 6.07) is 5.77. The maximum Gasteiger partial charge on any atom is 0.243 e. The van der Waals surface area contributed by atoms with Gasteiger partial charge in [0.1, 0.15) is 12.9 Å². The minimum absolute atomic E-state index is 0.254. The van der Waals surface area contributed by atoms with Gasteiger partial charge in [0.05, 0.1) is 6.04 Å². The molecule has 1 aromatic carbocycles. The molecule has 2 aliphatic rings. The van der Waals surface area contributed by atoms with Crippen molar-refractivity contribution in [2.24, 2.45) is 0 Å². The molecule has 0 spiro atoms. The van der Waals surface area contributed by atoms with Crippen molar-refractivity contribution in [1.82, 2.24) is 20.9 Å². The minimum Gasteiger partial charge on any atom is -0.369 e. The number of aldehydes is 1. The Morgan fingerprint density at radius 2 is 1.92 bits per heavy atom. The monoisotopic (exact) mass is 496 g/mol. The van der Waals surface area contributed by atoms with Crippen LogP contribution in [-0.2, 0) is 25.7 Å². The topological polar surface area (TPSA) is 117 Å². The number of carbonyl (C=O) groups is 4. The number of nitrogens with zero attached hydrogens (tertiary/aromatic N) is 1. The van der Waals surface area contributed by atoms with Gasteiger partial charge < -0.3 is 15.4 Å². The van der Waals surface area contributed by atoms with Crippen LogP contribution in [0.25, 0.3) is 0 Å². The highest BCUT2D eigenvalue weighted by Crippen LogP contribution is 2.20. The molecule has 1 aromatic rings. The van der Waals surface area contributed by atoms with E-state index in [2.05, 4.69) is 27.8 Å². The van der Waals surface area contributed by atoms with Crippen molar-refractivity contribution in [2.45, 2.75) is 69.6 Å². The lowest BCUT2D eigenvalue weighted by Crippen LogP contribution is -2.51. The Bertz CT molecular complexity index is 978. The van der Waals surface area contributed by atoms with Crippen molar-refractivity contribution >= 4 is 24.5 Å². The molecule has 0 aromatic heterocycles. The molecular weight excluding hydrogens is 460 g/mol. The molecule has 9 heteroatoms. The summed E-state index contributed by atoms with van der Waals surface area (Å²) < 4.78 is 5.66. The second kappa shape index (κ2) is 14.5. The van der Waals surface area contributed by atoms with Crippen LogP contribution in [0.3, 0.4) is 0 Å². The zero-order chi connectivity index (χ0) is 25.8. The largest absolute Gasteiger partial charge is 0.369 e. The Morgan fingerprint density at radius 3 is 2.64 bits per heavy atom. The van der Waals surface area contributed by atoms with E-state index in [4.69, 9.17) is 4.74 Å². The van der Waals surface area contributed by atoms with Gasteiger partial charge in [0.2, 0.25) is 18.2 Å². The molecule has 2 fully saturated rings. The molecule has 1 aliphatic heterocycles. The van der Waals surface area contributed by atoms with E-state index in [-0.39, 0.29) is 18.4 Å². The lowest BCUT2D eigenvalue weighted by Gasteiger charge is -2.30. The number of benzene rings is 1. The summed E-state index contributed by atoms with van der Waals surface area (Å²) in [6.07, 6.45) is 7.39. The molecule has 1 aliphatic carbocycles. The van der Waals surface area contributed by atoms with Crippen LogP contribution >= 0.6 is 0 Å². The Kier molecular flexibility index (Phi) is 11.1. The van der Waals surface area contributed by atoms with Gasteiger partial charge in [-0.3, -0.25) is 29.4 Å². The van der Waals surface area contributed by atoms with Gasteiger partial charge in [-0.15, -0.1) is 0 Å². The van der Waals surface area contributed by atoms with Gasteiger partial charge in [-0.05, 0) is 63.7 Å². The van der Waals surface area contributed by atoms with E-state index in [1.807, 2.05) is 18.0 Å². The van der Waals surface area contributed by atoms with Crippen LogP contribution in [-0.4, -0.2) is 74.3 Å². The first-order valence-electron chi connectivity index (χ1n) is 12.6. The minimum atomic E-state index is -0.428. The number of hydrogen-bond acceptors (Lipinski definition) is 7. The van der Waals surface area contributed by atoms with Crippen LogP contribution in [0.2, 0.25) is 0 Å². The highest BCUT2D eigenvalue weighted by atomic mass is 16.5. The summed E-state index contributed by atoms with van der Waals surface area (Å²) in [5.74, 6) is 5.58. The molecule has 9 nitrogen and oxygen atoms in total. The fourth-order valence-electron chi connectivity index (χ4n) is 4.77. The zero-order valence-electron chi connectivity index (χ0n) is 20.9. The predicted molar refractivity (Wildman–Crippen MR) is 135 cm³/mol. The van der Waals surface area contributed by atoms with E-state index in [1.165, 1.54) is 0 Å². The molecule has 1 atom stereocenters. The fourth-order valence-corrected chi connectivity index (χ4v) is 4.77. The number of piperidine rings is 1. The number of imide groups is 1. The SMILES string of the molecule is CN(Cc1c(C#CCOCCCNC2CCC(NC=O)CC2)cccc1C=O)C1CCC(=O)NC1=O. The fraction of sp³-hybridized carbons (Fsp3) is 0.556. The van der Waals surface area contributed by atoms with Crippen molar-refractivity contribution in [3.8, 4) is 11.8 Å². The summed E-state index contributed by atoms with van der Waals surface area (Å²) in [7, 11) is 1.81. The summed E-state index contributed by atoms with van der Waals surface area (Å²) in [5, 5.41) is 8.79. The molecule has 1 heterocycles. The Labute approximate surface area is 212 Å². The maximum atomic E-state index is 12.2. The molecule has 3 amide bonds. The smallest absolute Gasteiger partial charge is 0.243 e. The van der Waals surface area contributed by atoms with E-state index in [1.54, 1.807) is 12.1 Å². The second-order valence-corrected chi connectivity index (χ2v) is 9.37. The second-order valence-electron chi connectivity index (χ2n) is 9.37. The third-order valence-electron chi connectivity index (χ3n) is 6.82. The number of amides is 3. The van der Waals surface area contributed by atoms with Crippen molar-refractivity contribution in [2.75, 3.05) is 26.8 Å². The normalized spacial score (nSPS) is 21.9. The van der Waals surface area contributed by atoms with Gasteiger partial charge in [-0.1, -0.05) is 24.0 Å². The third-order valence-corrected chi connectivity index (χ3v) is 6.82. The Hall–Kier alpha value is -3.06. The van der Waals surface area contributed by atoms with Crippen LogP contribution in [0.4, 0.5) is 0 Å². The number of hydrogen-bond donors (Lipinski definition) is 3. The summed E-state index contributed by atoms with van der Waals surface area (Å²) >= 11 is 0. The molecule has 0 bridgehead atoms. The van der Waals surface area contributed by atoms with Crippen molar-refractivity contribution in [3.05, 3.63) is 34.9 Å². The highest BCUT2D eigenvalue weighted by molar-refractivity contribution is 6.00. The zero-order valence-corrected chi connectivity index (χ0v) is 20.9. The quantitative estimate of drug-likeness (QED) is 0.172. The number of rotatable bonds is 12. The van der Waals surface area contributed by atoms with Crippen LogP contribution in [0.15, 0.2) is 18.2 Å². The third kappa shape index (κ3) is 8.26. The lowest BCUT2D eigenvalue weighted by atomic mass is 9.91. The van der Waals surface area contributed by atoms with Crippen molar-refractivity contribution < 1.29 is 23.9 Å². The van der Waals surface area contributed by atoms with Gasteiger partial charge in [0.15, 0.2) is 0 Å². The first-order chi connectivity index (χ1) is 17.5. The van der Waals surface area contributed by atoms with E-state index < -0.39 is 6.04 Å². The number of nitrogens with one attached hydrogen (secondary N) is 3. The van der Waals surface area contributed by atoms with Crippen LogP contribution < -0.4 is 16.0 Å². The molecule has 1 saturated carbocycles. The van der Waals surface area contributed by atoms with E-state index in [9.17, 15) is 19.2 Å². The molecule has 0 radical (unpaired) electrons. The molecule has 1 unspecified atom stereocenters.